The molecule has 1 amide bonds. The molecular formula is C15H17N5OS. The lowest BCUT2D eigenvalue weighted by molar-refractivity contribution is 0.0494. The van der Waals surface area contributed by atoms with Crippen LogP contribution in [-0.4, -0.2) is 50.1 Å². The number of amides is 1. The first-order valence-corrected chi connectivity index (χ1v) is 8.68. The quantitative estimate of drug-likeness (QED) is 0.807. The molecule has 114 valence electrons. The fourth-order valence-corrected chi connectivity index (χ4v) is 3.25. The first-order valence-electron chi connectivity index (χ1n) is 7.46. The zero-order chi connectivity index (χ0) is 15.1. The largest absolute Gasteiger partial charge is 0.334 e. The fraction of sp³-hybridized carbons (Fsp3) is 0.467. The molecule has 6 nitrogen and oxygen atoms in total. The van der Waals surface area contributed by atoms with Gasteiger partial charge in [0, 0.05) is 31.4 Å². The van der Waals surface area contributed by atoms with Crippen molar-refractivity contribution < 1.29 is 4.79 Å². The van der Waals surface area contributed by atoms with Crippen molar-refractivity contribution in [2.75, 3.05) is 19.3 Å². The van der Waals surface area contributed by atoms with Gasteiger partial charge in [-0.3, -0.25) is 4.79 Å². The number of pyridine rings is 1. The highest BCUT2D eigenvalue weighted by molar-refractivity contribution is 7.98. The molecule has 0 spiro atoms. The van der Waals surface area contributed by atoms with Gasteiger partial charge >= 0.3 is 0 Å². The molecule has 0 radical (unpaired) electrons. The Labute approximate surface area is 132 Å². The molecular weight excluding hydrogens is 298 g/mol. The summed E-state index contributed by atoms with van der Waals surface area (Å²) >= 11 is 1.50. The Balaban J connectivity index is 1.42. The van der Waals surface area contributed by atoms with Gasteiger partial charge in [0.25, 0.3) is 5.91 Å². The maximum Gasteiger partial charge on any atom is 0.256 e. The van der Waals surface area contributed by atoms with Crippen LogP contribution in [0.5, 0.6) is 0 Å². The number of hydrogen-bond acceptors (Lipinski definition) is 5. The van der Waals surface area contributed by atoms with Crippen LogP contribution in [0.1, 0.15) is 40.9 Å². The van der Waals surface area contributed by atoms with Gasteiger partial charge in [-0.05, 0) is 31.2 Å². The lowest BCUT2D eigenvalue weighted by Gasteiger charge is -2.39. The van der Waals surface area contributed by atoms with Crippen molar-refractivity contribution in [3.05, 3.63) is 35.8 Å². The zero-order valence-corrected chi connectivity index (χ0v) is 13.2. The Morgan fingerprint density at radius 3 is 2.91 bits per heavy atom. The van der Waals surface area contributed by atoms with Crippen LogP contribution >= 0.6 is 11.8 Å². The molecule has 2 fully saturated rings. The van der Waals surface area contributed by atoms with Crippen LogP contribution in [0.4, 0.5) is 0 Å². The average Bonchev–Trinajstić information content (AvgIpc) is 3.25. The van der Waals surface area contributed by atoms with Gasteiger partial charge in [-0.2, -0.15) is 0 Å². The molecule has 7 heteroatoms. The van der Waals surface area contributed by atoms with Crippen molar-refractivity contribution in [3.63, 3.8) is 0 Å². The third-order valence-electron chi connectivity index (χ3n) is 4.24. The van der Waals surface area contributed by atoms with Gasteiger partial charge in [0.05, 0.1) is 17.3 Å². The Hall–Kier alpha value is -1.89. The standard InChI is InChI=1S/C15H17N5OS/c1-22-14-12(3-2-6-16-14)15(21)19-7-11(8-19)20-9-13(17-18-20)10-4-5-10/h2-3,6,9-11H,4-5,7-8H2,1H3. The monoisotopic (exact) mass is 315 g/mol. The minimum Gasteiger partial charge on any atom is -0.334 e. The summed E-state index contributed by atoms with van der Waals surface area (Å²) in [4.78, 5) is 18.6. The molecule has 0 N–H and O–H groups in total. The number of aromatic nitrogens is 4. The molecule has 0 unspecified atom stereocenters. The zero-order valence-electron chi connectivity index (χ0n) is 12.3. The number of nitrogens with zero attached hydrogens (tertiary/aromatic N) is 5. The Kier molecular flexibility index (Phi) is 3.37. The number of likely N-dealkylation sites (tertiary alicyclic amines) is 1. The van der Waals surface area contributed by atoms with Gasteiger partial charge in [0.2, 0.25) is 0 Å². The van der Waals surface area contributed by atoms with Crippen molar-refractivity contribution in [3.8, 4) is 0 Å². The van der Waals surface area contributed by atoms with Crippen molar-refractivity contribution in [1.29, 1.82) is 0 Å². The summed E-state index contributed by atoms with van der Waals surface area (Å²) in [5, 5.41) is 9.23. The summed E-state index contributed by atoms with van der Waals surface area (Å²) < 4.78 is 1.91. The van der Waals surface area contributed by atoms with Crippen molar-refractivity contribution in [2.45, 2.75) is 29.8 Å². The molecule has 2 aliphatic rings. The molecule has 4 rings (SSSR count). The second-order valence-electron chi connectivity index (χ2n) is 5.82. The highest BCUT2D eigenvalue weighted by Crippen LogP contribution is 2.39. The van der Waals surface area contributed by atoms with E-state index >= 15 is 0 Å². The molecule has 3 heterocycles. The van der Waals surface area contributed by atoms with Crippen LogP contribution in [-0.2, 0) is 0 Å². The predicted octanol–water partition coefficient (Wildman–Crippen LogP) is 1.97. The van der Waals surface area contributed by atoms with Crippen LogP contribution in [0.25, 0.3) is 0 Å². The minimum atomic E-state index is 0.0521. The third-order valence-corrected chi connectivity index (χ3v) is 4.95. The van der Waals surface area contributed by atoms with E-state index in [4.69, 9.17) is 0 Å². The van der Waals surface area contributed by atoms with E-state index in [0.29, 0.717) is 24.6 Å². The smallest absolute Gasteiger partial charge is 0.256 e. The topological polar surface area (TPSA) is 63.9 Å². The van der Waals surface area contributed by atoms with Crippen molar-refractivity contribution in [1.82, 2.24) is 24.9 Å². The first kappa shape index (κ1) is 13.8. The van der Waals surface area contributed by atoms with E-state index in [1.807, 2.05) is 34.2 Å². The van der Waals surface area contributed by atoms with Gasteiger partial charge in [0.15, 0.2) is 0 Å². The fourth-order valence-electron chi connectivity index (χ4n) is 2.71. The second-order valence-corrected chi connectivity index (χ2v) is 6.62. The van der Waals surface area contributed by atoms with Gasteiger partial charge < -0.3 is 4.90 Å². The van der Waals surface area contributed by atoms with E-state index in [9.17, 15) is 4.79 Å². The lowest BCUT2D eigenvalue weighted by Crippen LogP contribution is -2.51. The summed E-state index contributed by atoms with van der Waals surface area (Å²) in [6.07, 6.45) is 8.16. The molecule has 2 aromatic rings. The van der Waals surface area contributed by atoms with E-state index in [-0.39, 0.29) is 11.9 Å². The SMILES string of the molecule is CSc1ncccc1C(=O)N1CC(n2cc(C3CC3)nn2)C1. The normalized spacial score (nSPS) is 18.3. The Morgan fingerprint density at radius 1 is 1.36 bits per heavy atom. The van der Waals surface area contributed by atoms with Gasteiger partial charge in [-0.25, -0.2) is 9.67 Å². The van der Waals surface area contributed by atoms with E-state index in [0.717, 1.165) is 10.7 Å². The lowest BCUT2D eigenvalue weighted by atomic mass is 10.1. The molecule has 1 aliphatic carbocycles. The number of thioether (sulfide) groups is 1. The number of carbonyl (C=O) groups excluding carboxylic acids is 1. The maximum absolute atomic E-state index is 12.5. The van der Waals surface area contributed by atoms with Crippen molar-refractivity contribution >= 4 is 17.7 Å². The summed E-state index contributed by atoms with van der Waals surface area (Å²) in [7, 11) is 0. The highest BCUT2D eigenvalue weighted by atomic mass is 32.2. The average molecular weight is 315 g/mol. The Morgan fingerprint density at radius 2 is 2.18 bits per heavy atom. The molecule has 0 atom stereocenters. The minimum absolute atomic E-state index is 0.0521. The van der Waals surface area contributed by atoms with Crippen molar-refractivity contribution in [2.24, 2.45) is 0 Å². The number of hydrogen-bond donors (Lipinski definition) is 0. The highest BCUT2D eigenvalue weighted by Gasteiger charge is 2.35. The summed E-state index contributed by atoms with van der Waals surface area (Å²) in [6, 6.07) is 3.90. The van der Waals surface area contributed by atoms with E-state index < -0.39 is 0 Å². The van der Waals surface area contributed by atoms with Gasteiger partial charge in [-0.15, -0.1) is 16.9 Å². The van der Waals surface area contributed by atoms with E-state index in [1.165, 1.54) is 24.6 Å². The van der Waals surface area contributed by atoms with Crippen LogP contribution < -0.4 is 0 Å². The number of rotatable bonds is 4. The van der Waals surface area contributed by atoms with E-state index in [1.54, 1.807) is 6.20 Å². The Bertz CT molecular complexity index is 705. The van der Waals surface area contributed by atoms with Crippen LogP contribution in [0.15, 0.2) is 29.6 Å². The predicted molar refractivity (Wildman–Crippen MR) is 83.0 cm³/mol. The summed E-state index contributed by atoms with van der Waals surface area (Å²) in [5.74, 6) is 0.669. The summed E-state index contributed by atoms with van der Waals surface area (Å²) in [5.41, 5.74) is 1.78. The van der Waals surface area contributed by atoms with Crippen LogP contribution in [0.2, 0.25) is 0 Å². The molecule has 2 aromatic heterocycles. The van der Waals surface area contributed by atoms with Gasteiger partial charge in [-0.1, -0.05) is 5.21 Å². The second kappa shape index (κ2) is 5.39. The molecule has 1 aliphatic heterocycles. The molecule has 22 heavy (non-hydrogen) atoms. The molecule has 1 saturated heterocycles. The van der Waals surface area contributed by atoms with Crippen LogP contribution in [0.3, 0.4) is 0 Å². The maximum atomic E-state index is 12.5. The van der Waals surface area contributed by atoms with Gasteiger partial charge in [0.1, 0.15) is 5.03 Å². The van der Waals surface area contributed by atoms with Crippen LogP contribution in [0, 0.1) is 0 Å². The van der Waals surface area contributed by atoms with E-state index in [2.05, 4.69) is 15.3 Å². The first-order chi connectivity index (χ1) is 10.8. The summed E-state index contributed by atoms with van der Waals surface area (Å²) in [6.45, 7) is 1.38. The number of carbonyl (C=O) groups is 1. The molecule has 0 aromatic carbocycles. The third kappa shape index (κ3) is 2.39. The molecule has 1 saturated carbocycles. The molecule has 0 bridgehead atoms.